The van der Waals surface area contributed by atoms with Gasteiger partial charge in [0.1, 0.15) is 10.8 Å². The lowest BCUT2D eigenvalue weighted by Crippen LogP contribution is -2.41. The summed E-state index contributed by atoms with van der Waals surface area (Å²) in [6, 6.07) is 7.96. The van der Waals surface area contributed by atoms with E-state index in [-0.39, 0.29) is 6.04 Å². The second-order valence-electron chi connectivity index (χ2n) is 7.06. The number of hydrogen-bond acceptors (Lipinski definition) is 9. The number of methoxy groups -OCH3 is 1. The van der Waals surface area contributed by atoms with Gasteiger partial charge in [0, 0.05) is 40.7 Å². The Morgan fingerprint density at radius 1 is 1.42 bits per heavy atom. The number of thioether (sulfide) groups is 1. The molecule has 4 rings (SSSR count). The fourth-order valence-electron chi connectivity index (χ4n) is 3.31. The zero-order chi connectivity index (χ0) is 21.8. The van der Waals surface area contributed by atoms with E-state index in [1.54, 1.807) is 18.9 Å². The summed E-state index contributed by atoms with van der Waals surface area (Å²) >= 11 is 5.55. The SMILES string of the molecule is C=C(C/C(C)=N\S)NC1=NC(Sc2ccc(OC)cc2)=CN2C1=NCC2c1cn[nH]c1. The molecule has 2 aliphatic heterocycles. The average molecular weight is 454 g/mol. The van der Waals surface area contributed by atoms with Crippen molar-refractivity contribution in [1.82, 2.24) is 20.4 Å². The average Bonchev–Trinajstić information content (AvgIpc) is 3.44. The standard InChI is InChI=1S/C21H23N7OS2/c1-13(8-14(2)27-30)25-20-21-22-11-18(15-9-23-24-10-15)28(21)12-19(26-20)31-17-6-4-16(29-3)5-7-17/h4-7,9-10,12,18,30H,1,8,11H2,2-3H3,(H,23,24)(H,25,26)/b27-14-. The molecule has 1 aromatic heterocycles. The van der Waals surface area contributed by atoms with Gasteiger partial charge in [-0.05, 0) is 44.0 Å². The maximum atomic E-state index is 5.25. The molecule has 0 bridgehead atoms. The summed E-state index contributed by atoms with van der Waals surface area (Å²) in [5.74, 6) is 2.27. The lowest BCUT2D eigenvalue weighted by atomic mass is 10.1. The number of nitrogens with zero attached hydrogens (tertiary/aromatic N) is 5. The second-order valence-corrected chi connectivity index (χ2v) is 8.36. The first-order chi connectivity index (χ1) is 15.1. The van der Waals surface area contributed by atoms with Gasteiger partial charge in [0.25, 0.3) is 0 Å². The van der Waals surface area contributed by atoms with Crippen LogP contribution in [0.4, 0.5) is 0 Å². The highest BCUT2D eigenvalue weighted by Crippen LogP contribution is 2.36. The van der Waals surface area contributed by atoms with E-state index in [4.69, 9.17) is 14.7 Å². The summed E-state index contributed by atoms with van der Waals surface area (Å²) in [5, 5.41) is 11.2. The van der Waals surface area contributed by atoms with E-state index in [0.717, 1.165) is 38.5 Å². The molecule has 0 saturated carbocycles. The van der Waals surface area contributed by atoms with Crippen molar-refractivity contribution in [1.29, 1.82) is 0 Å². The van der Waals surface area contributed by atoms with Gasteiger partial charge in [0.05, 0.1) is 25.9 Å². The second kappa shape index (κ2) is 9.44. The third-order valence-corrected chi connectivity index (χ3v) is 6.05. The van der Waals surface area contributed by atoms with Crippen molar-refractivity contribution < 1.29 is 4.74 Å². The van der Waals surface area contributed by atoms with Crippen molar-refractivity contribution in [3.63, 3.8) is 0 Å². The molecule has 0 fully saturated rings. The molecule has 0 amide bonds. The molecule has 0 aliphatic carbocycles. The first kappa shape index (κ1) is 21.3. The minimum absolute atomic E-state index is 0.0570. The zero-order valence-electron chi connectivity index (χ0n) is 17.2. The van der Waals surface area contributed by atoms with Gasteiger partial charge in [-0.2, -0.15) is 5.10 Å². The number of aliphatic imine (C=N–C) groups is 2. The molecule has 0 spiro atoms. The fourth-order valence-corrected chi connectivity index (χ4v) is 4.20. The van der Waals surface area contributed by atoms with Crippen LogP contribution in [0.3, 0.4) is 0 Å². The maximum Gasteiger partial charge on any atom is 0.174 e. The van der Waals surface area contributed by atoms with Crippen LogP contribution in [0, 0.1) is 0 Å². The molecular weight excluding hydrogens is 430 g/mol. The Kier molecular flexibility index (Phi) is 6.47. The Morgan fingerprint density at radius 3 is 2.90 bits per heavy atom. The number of benzene rings is 1. The van der Waals surface area contributed by atoms with Crippen LogP contribution in [0.15, 0.2) is 79.4 Å². The largest absolute Gasteiger partial charge is 0.497 e. The highest BCUT2D eigenvalue weighted by Gasteiger charge is 2.34. The van der Waals surface area contributed by atoms with Crippen molar-refractivity contribution >= 4 is 42.0 Å². The van der Waals surface area contributed by atoms with Crippen molar-refractivity contribution in [2.45, 2.75) is 24.3 Å². The molecule has 2 aromatic rings. The Hall–Kier alpha value is -2.98. The van der Waals surface area contributed by atoms with Crippen LogP contribution in [0.25, 0.3) is 0 Å². The van der Waals surface area contributed by atoms with Gasteiger partial charge in [-0.25, -0.2) is 9.39 Å². The van der Waals surface area contributed by atoms with Crippen LogP contribution >= 0.6 is 24.6 Å². The lowest BCUT2D eigenvalue weighted by Gasteiger charge is -2.28. The van der Waals surface area contributed by atoms with Gasteiger partial charge in [-0.3, -0.25) is 10.1 Å². The number of amidine groups is 2. The number of aromatic nitrogens is 2. The molecule has 10 heteroatoms. The molecule has 8 nitrogen and oxygen atoms in total. The summed E-state index contributed by atoms with van der Waals surface area (Å²) in [7, 11) is 1.66. The highest BCUT2D eigenvalue weighted by atomic mass is 32.2. The van der Waals surface area contributed by atoms with E-state index in [2.05, 4.69) is 44.2 Å². The Balaban J connectivity index is 1.61. The molecule has 0 radical (unpaired) electrons. The molecule has 0 saturated heterocycles. The van der Waals surface area contributed by atoms with Crippen LogP contribution in [0.1, 0.15) is 24.9 Å². The molecule has 3 heterocycles. The number of nitrogens with one attached hydrogen (secondary N) is 2. The Labute approximate surface area is 190 Å². The summed E-state index contributed by atoms with van der Waals surface area (Å²) in [4.78, 5) is 12.8. The van der Waals surface area contributed by atoms with Gasteiger partial charge in [-0.1, -0.05) is 18.3 Å². The molecule has 1 aromatic carbocycles. The molecule has 1 unspecified atom stereocenters. The predicted molar refractivity (Wildman–Crippen MR) is 129 cm³/mol. The number of rotatable bonds is 7. The smallest absolute Gasteiger partial charge is 0.174 e. The third-order valence-electron chi connectivity index (χ3n) is 4.80. The van der Waals surface area contributed by atoms with Crippen LogP contribution in [-0.2, 0) is 0 Å². The summed E-state index contributed by atoms with van der Waals surface area (Å²) in [6.45, 7) is 6.64. The van der Waals surface area contributed by atoms with E-state index in [1.165, 1.54) is 0 Å². The van der Waals surface area contributed by atoms with Gasteiger partial charge < -0.3 is 15.0 Å². The predicted octanol–water partition coefficient (Wildman–Crippen LogP) is 3.98. The van der Waals surface area contributed by atoms with Gasteiger partial charge in [0.15, 0.2) is 11.7 Å². The van der Waals surface area contributed by atoms with E-state index in [9.17, 15) is 0 Å². The fraction of sp³-hybridized carbons (Fsp3) is 0.238. The normalized spacial score (nSPS) is 18.2. The summed E-state index contributed by atoms with van der Waals surface area (Å²) in [5.41, 5.74) is 2.71. The van der Waals surface area contributed by atoms with Gasteiger partial charge in [-0.15, -0.1) is 0 Å². The number of fused-ring (bicyclic) bond motifs is 1. The van der Waals surface area contributed by atoms with Crippen LogP contribution < -0.4 is 10.1 Å². The summed E-state index contributed by atoms with van der Waals surface area (Å²) < 4.78 is 9.17. The summed E-state index contributed by atoms with van der Waals surface area (Å²) in [6.07, 6.45) is 6.34. The van der Waals surface area contributed by atoms with E-state index in [0.29, 0.717) is 18.8 Å². The number of allylic oxidation sites excluding steroid dienone is 1. The highest BCUT2D eigenvalue weighted by molar-refractivity contribution is 8.03. The number of H-pyrrole nitrogens is 1. The topological polar surface area (TPSA) is 90.3 Å². The quantitative estimate of drug-likeness (QED) is 0.436. The van der Waals surface area contributed by atoms with Crippen molar-refractivity contribution in [3.8, 4) is 5.75 Å². The number of ether oxygens (including phenoxy) is 1. The molecule has 1 atom stereocenters. The van der Waals surface area contributed by atoms with Crippen molar-refractivity contribution in [3.05, 3.63) is 65.7 Å². The number of hydrogen-bond donors (Lipinski definition) is 3. The van der Waals surface area contributed by atoms with E-state index < -0.39 is 0 Å². The van der Waals surface area contributed by atoms with Gasteiger partial charge in [0.2, 0.25) is 0 Å². The molecule has 31 heavy (non-hydrogen) atoms. The van der Waals surface area contributed by atoms with Crippen LogP contribution in [0.5, 0.6) is 5.75 Å². The maximum absolute atomic E-state index is 5.25. The van der Waals surface area contributed by atoms with Crippen LogP contribution in [0.2, 0.25) is 0 Å². The lowest BCUT2D eigenvalue weighted by molar-refractivity contribution is 0.414. The van der Waals surface area contributed by atoms with Crippen LogP contribution in [-0.4, -0.2) is 46.1 Å². The minimum atomic E-state index is 0.0570. The van der Waals surface area contributed by atoms with Crippen molar-refractivity contribution in [2.75, 3.05) is 13.7 Å². The van der Waals surface area contributed by atoms with Crippen molar-refractivity contribution in [2.24, 2.45) is 14.4 Å². The van der Waals surface area contributed by atoms with Gasteiger partial charge >= 0.3 is 0 Å². The zero-order valence-corrected chi connectivity index (χ0v) is 19.0. The minimum Gasteiger partial charge on any atom is -0.497 e. The number of thiol groups is 1. The Morgan fingerprint density at radius 2 is 2.23 bits per heavy atom. The molecule has 2 aliphatic rings. The molecule has 2 N–H and O–H groups in total. The van der Waals surface area contributed by atoms with E-state index in [1.807, 2.05) is 49.8 Å². The third kappa shape index (κ3) is 4.86. The first-order valence-corrected chi connectivity index (χ1v) is 10.9. The first-order valence-electron chi connectivity index (χ1n) is 9.64. The molecule has 160 valence electrons. The molecular formula is C21H23N7OS2. The van der Waals surface area contributed by atoms with E-state index >= 15 is 0 Å². The monoisotopic (exact) mass is 453 g/mol. The number of aromatic amines is 1. The Bertz CT molecular complexity index is 1070.